The first-order chi connectivity index (χ1) is 14.0. The van der Waals surface area contributed by atoms with E-state index in [-0.39, 0.29) is 11.9 Å². The number of hydrogen-bond donors (Lipinski definition) is 1. The molecule has 6 nitrogen and oxygen atoms in total. The van der Waals surface area contributed by atoms with E-state index in [1.165, 1.54) is 0 Å². The predicted octanol–water partition coefficient (Wildman–Crippen LogP) is 3.18. The molecule has 1 aliphatic heterocycles. The van der Waals surface area contributed by atoms with Gasteiger partial charge in [0.15, 0.2) is 0 Å². The van der Waals surface area contributed by atoms with E-state index in [0.29, 0.717) is 21.5 Å². The first-order valence-corrected chi connectivity index (χ1v) is 10.5. The van der Waals surface area contributed by atoms with Crippen LogP contribution < -0.4 is 14.8 Å². The molecule has 3 rings (SSSR count). The van der Waals surface area contributed by atoms with E-state index >= 15 is 0 Å². The molecule has 0 bridgehead atoms. The van der Waals surface area contributed by atoms with Gasteiger partial charge in [0.2, 0.25) is 0 Å². The summed E-state index contributed by atoms with van der Waals surface area (Å²) in [7, 11) is 5.28. The van der Waals surface area contributed by atoms with Crippen LogP contribution in [0.2, 0.25) is 0 Å². The fourth-order valence-corrected chi connectivity index (χ4v) is 4.00. The number of nitrogens with one attached hydrogen (secondary N) is 1. The Bertz CT molecular complexity index is 798. The van der Waals surface area contributed by atoms with Crippen LogP contribution in [0.15, 0.2) is 46.9 Å². The number of benzene rings is 2. The fraction of sp³-hybridized carbons (Fsp3) is 0.409. The van der Waals surface area contributed by atoms with Gasteiger partial charge >= 0.3 is 0 Å². The molecule has 2 aromatic rings. The summed E-state index contributed by atoms with van der Waals surface area (Å²) in [5, 5.41) is 3.21. The molecule has 1 N–H and O–H groups in total. The maximum Gasteiger partial charge on any atom is 0.252 e. The molecule has 29 heavy (non-hydrogen) atoms. The number of hydrogen-bond acceptors (Lipinski definition) is 5. The Morgan fingerprint density at radius 3 is 2.21 bits per heavy atom. The van der Waals surface area contributed by atoms with Crippen molar-refractivity contribution in [2.75, 3.05) is 54.0 Å². The highest BCUT2D eigenvalue weighted by Gasteiger charge is 2.23. The topological polar surface area (TPSA) is 54.0 Å². The van der Waals surface area contributed by atoms with Gasteiger partial charge in [-0.15, -0.1) is 0 Å². The fourth-order valence-electron chi connectivity index (χ4n) is 3.45. The summed E-state index contributed by atoms with van der Waals surface area (Å²) in [5.41, 5.74) is 1.59. The van der Waals surface area contributed by atoms with Gasteiger partial charge in [-0.2, -0.15) is 0 Å². The zero-order chi connectivity index (χ0) is 20.8. The summed E-state index contributed by atoms with van der Waals surface area (Å²) in [4.78, 5) is 17.8. The lowest BCUT2D eigenvalue weighted by Gasteiger charge is -2.35. The monoisotopic (exact) mass is 461 g/mol. The van der Waals surface area contributed by atoms with Gasteiger partial charge < -0.3 is 19.7 Å². The van der Waals surface area contributed by atoms with Crippen LogP contribution in [0.4, 0.5) is 0 Å². The number of rotatable bonds is 7. The molecule has 0 radical (unpaired) electrons. The highest BCUT2D eigenvalue weighted by Crippen LogP contribution is 2.35. The second-order valence-corrected chi connectivity index (χ2v) is 8.03. The Morgan fingerprint density at radius 1 is 1.07 bits per heavy atom. The molecule has 1 atom stereocenters. The minimum Gasteiger partial charge on any atom is -0.495 e. The van der Waals surface area contributed by atoms with E-state index in [2.05, 4.69) is 50.2 Å². The number of amides is 1. The van der Waals surface area contributed by atoms with E-state index in [9.17, 15) is 4.79 Å². The largest absolute Gasteiger partial charge is 0.495 e. The van der Waals surface area contributed by atoms with Gasteiger partial charge in [-0.3, -0.25) is 9.69 Å². The van der Waals surface area contributed by atoms with E-state index < -0.39 is 0 Å². The zero-order valence-corrected chi connectivity index (χ0v) is 18.7. The normalized spacial score (nSPS) is 16.3. The average Bonchev–Trinajstić information content (AvgIpc) is 2.75. The van der Waals surface area contributed by atoms with Gasteiger partial charge in [0, 0.05) is 38.3 Å². The molecule has 156 valence electrons. The number of halogens is 1. The second-order valence-electron chi connectivity index (χ2n) is 7.24. The molecular formula is C22H28BrN3O3. The molecule has 0 aliphatic carbocycles. The van der Waals surface area contributed by atoms with Gasteiger partial charge in [-0.05, 0) is 40.7 Å². The highest BCUT2D eigenvalue weighted by molar-refractivity contribution is 9.10. The van der Waals surface area contributed by atoms with E-state index in [1.54, 1.807) is 26.4 Å². The van der Waals surface area contributed by atoms with Crippen molar-refractivity contribution < 1.29 is 14.3 Å². The zero-order valence-electron chi connectivity index (χ0n) is 17.2. The number of nitrogens with zero attached hydrogens (tertiary/aromatic N) is 2. The van der Waals surface area contributed by atoms with Gasteiger partial charge in [-0.25, -0.2) is 0 Å². The van der Waals surface area contributed by atoms with Gasteiger partial charge in [0.25, 0.3) is 5.91 Å². The molecule has 1 heterocycles. The summed E-state index contributed by atoms with van der Waals surface area (Å²) in [5.74, 6) is 0.965. The Labute approximate surface area is 180 Å². The number of likely N-dealkylation sites (N-methyl/N-ethyl adjacent to an activating group) is 1. The summed E-state index contributed by atoms with van der Waals surface area (Å²) in [6.07, 6.45) is 0. The molecule has 1 saturated heterocycles. The third kappa shape index (κ3) is 5.50. The Morgan fingerprint density at radius 2 is 1.66 bits per heavy atom. The number of piperazine rings is 1. The Kier molecular flexibility index (Phi) is 7.52. The number of methoxy groups -OCH3 is 2. The van der Waals surface area contributed by atoms with E-state index in [1.807, 2.05) is 18.2 Å². The number of carbonyl (C=O) groups excluding carboxylic acids is 1. The first kappa shape index (κ1) is 21.6. The lowest BCUT2D eigenvalue weighted by atomic mass is 10.0. The number of ether oxygens (including phenoxy) is 2. The number of carbonyl (C=O) groups is 1. The predicted molar refractivity (Wildman–Crippen MR) is 118 cm³/mol. The molecule has 7 heteroatoms. The van der Waals surface area contributed by atoms with Crippen molar-refractivity contribution >= 4 is 21.8 Å². The molecule has 0 saturated carbocycles. The summed E-state index contributed by atoms with van der Waals surface area (Å²) in [6, 6.07) is 13.5. The smallest absolute Gasteiger partial charge is 0.252 e. The van der Waals surface area contributed by atoms with Crippen LogP contribution in [0.25, 0.3) is 0 Å². The minimum atomic E-state index is -0.155. The van der Waals surface area contributed by atoms with E-state index in [0.717, 1.165) is 38.3 Å². The summed E-state index contributed by atoms with van der Waals surface area (Å²) in [6.45, 7) is 4.84. The third-order valence-electron chi connectivity index (χ3n) is 5.25. The van der Waals surface area contributed by atoms with Gasteiger partial charge in [-0.1, -0.05) is 30.3 Å². The molecule has 1 amide bonds. The molecule has 2 aromatic carbocycles. The highest BCUT2D eigenvalue weighted by atomic mass is 79.9. The van der Waals surface area contributed by atoms with Crippen molar-refractivity contribution in [1.29, 1.82) is 0 Å². The standard InChI is InChI=1S/C22H28BrN3O3/c1-25-9-11-26(12-10-25)15-18(16-7-5-4-6-8-16)24-22(27)17-13-19(28-2)21(23)20(14-17)29-3/h4-8,13-14,18H,9-12,15H2,1-3H3,(H,24,27). The second kappa shape index (κ2) is 10.1. The van der Waals surface area contributed by atoms with Crippen molar-refractivity contribution in [3.63, 3.8) is 0 Å². The lowest BCUT2D eigenvalue weighted by Crippen LogP contribution is -2.47. The maximum absolute atomic E-state index is 13.1. The van der Waals surface area contributed by atoms with Gasteiger partial charge in [0.1, 0.15) is 16.0 Å². The first-order valence-electron chi connectivity index (χ1n) is 9.70. The maximum atomic E-state index is 13.1. The molecule has 1 aliphatic rings. The molecule has 0 aromatic heterocycles. The SMILES string of the molecule is COc1cc(C(=O)NC(CN2CCN(C)CC2)c2ccccc2)cc(OC)c1Br. The van der Waals surface area contributed by atoms with Crippen molar-refractivity contribution in [2.45, 2.75) is 6.04 Å². The van der Waals surface area contributed by atoms with Crippen LogP contribution in [0.5, 0.6) is 11.5 Å². The third-order valence-corrected chi connectivity index (χ3v) is 6.03. The molecular weight excluding hydrogens is 434 g/mol. The van der Waals surface area contributed by atoms with Gasteiger partial charge in [0.05, 0.1) is 20.3 Å². The Balaban J connectivity index is 1.81. The molecule has 0 spiro atoms. The van der Waals surface area contributed by atoms with Crippen LogP contribution >= 0.6 is 15.9 Å². The van der Waals surface area contributed by atoms with Crippen LogP contribution in [-0.2, 0) is 0 Å². The summed E-state index contributed by atoms with van der Waals surface area (Å²) < 4.78 is 11.5. The average molecular weight is 462 g/mol. The summed E-state index contributed by atoms with van der Waals surface area (Å²) >= 11 is 3.45. The Hall–Kier alpha value is -2.09. The van der Waals surface area contributed by atoms with E-state index in [4.69, 9.17) is 9.47 Å². The minimum absolute atomic E-state index is 0.104. The van der Waals surface area contributed by atoms with Crippen LogP contribution in [0.1, 0.15) is 22.0 Å². The molecule has 1 unspecified atom stereocenters. The molecule has 1 fully saturated rings. The van der Waals surface area contributed by atoms with Crippen molar-refractivity contribution in [3.05, 3.63) is 58.1 Å². The van der Waals surface area contributed by atoms with Crippen LogP contribution in [0, 0.1) is 0 Å². The van der Waals surface area contributed by atoms with Crippen LogP contribution in [0.3, 0.4) is 0 Å². The van der Waals surface area contributed by atoms with Crippen molar-refractivity contribution in [1.82, 2.24) is 15.1 Å². The lowest BCUT2D eigenvalue weighted by molar-refractivity contribution is 0.0906. The quantitative estimate of drug-likeness (QED) is 0.685. The van der Waals surface area contributed by atoms with Crippen molar-refractivity contribution in [2.24, 2.45) is 0 Å². The van der Waals surface area contributed by atoms with Crippen LogP contribution in [-0.4, -0.2) is 69.7 Å². The van der Waals surface area contributed by atoms with Crippen molar-refractivity contribution in [3.8, 4) is 11.5 Å².